The lowest BCUT2D eigenvalue weighted by atomic mass is 9.97. The van der Waals surface area contributed by atoms with Gasteiger partial charge in [0.15, 0.2) is 0 Å². The molecule has 1 aliphatic rings. The standard InChI is InChI=1S/C14H27N3O/c1-4-8-16-14(2,12-15)7-5-9-17-10-6-13(11-17)18-3/h13,16H,4-11H2,1-3H3. The van der Waals surface area contributed by atoms with Gasteiger partial charge in [0.2, 0.25) is 0 Å². The molecule has 0 bridgehead atoms. The van der Waals surface area contributed by atoms with Crippen LogP contribution in [0.2, 0.25) is 0 Å². The lowest BCUT2D eigenvalue weighted by Crippen LogP contribution is -2.42. The number of nitrogens with zero attached hydrogens (tertiary/aromatic N) is 2. The molecule has 2 atom stereocenters. The Kier molecular flexibility index (Phi) is 6.62. The Balaban J connectivity index is 2.21. The minimum Gasteiger partial charge on any atom is -0.380 e. The summed E-state index contributed by atoms with van der Waals surface area (Å²) in [4.78, 5) is 2.44. The van der Waals surface area contributed by atoms with E-state index in [1.54, 1.807) is 7.11 Å². The summed E-state index contributed by atoms with van der Waals surface area (Å²) < 4.78 is 5.36. The van der Waals surface area contributed by atoms with Gasteiger partial charge in [-0.1, -0.05) is 6.92 Å². The van der Waals surface area contributed by atoms with Crippen LogP contribution in [0.5, 0.6) is 0 Å². The Hall–Kier alpha value is -0.630. The molecular formula is C14H27N3O. The van der Waals surface area contributed by atoms with E-state index in [-0.39, 0.29) is 5.54 Å². The molecular weight excluding hydrogens is 226 g/mol. The van der Waals surface area contributed by atoms with Crippen LogP contribution >= 0.6 is 0 Å². The maximum atomic E-state index is 9.24. The van der Waals surface area contributed by atoms with Crippen LogP contribution in [0.1, 0.15) is 39.5 Å². The topological polar surface area (TPSA) is 48.3 Å². The third kappa shape index (κ3) is 4.93. The van der Waals surface area contributed by atoms with Crippen molar-refractivity contribution >= 4 is 0 Å². The molecule has 1 aliphatic heterocycles. The van der Waals surface area contributed by atoms with Gasteiger partial charge in [0.05, 0.1) is 12.2 Å². The van der Waals surface area contributed by atoms with Crippen molar-refractivity contribution in [2.24, 2.45) is 0 Å². The Morgan fingerprint density at radius 3 is 2.89 bits per heavy atom. The first kappa shape index (κ1) is 15.4. The van der Waals surface area contributed by atoms with Crippen LogP contribution in [0, 0.1) is 11.3 Å². The average molecular weight is 253 g/mol. The molecule has 1 N–H and O–H groups in total. The van der Waals surface area contributed by atoms with Crippen LogP contribution in [-0.2, 0) is 4.74 Å². The third-order valence-corrected chi connectivity index (χ3v) is 3.73. The molecule has 104 valence electrons. The van der Waals surface area contributed by atoms with E-state index in [0.29, 0.717) is 6.10 Å². The van der Waals surface area contributed by atoms with Crippen molar-refractivity contribution in [3.63, 3.8) is 0 Å². The van der Waals surface area contributed by atoms with E-state index in [4.69, 9.17) is 4.74 Å². The smallest absolute Gasteiger partial charge is 0.103 e. The van der Waals surface area contributed by atoms with Crippen LogP contribution in [0.4, 0.5) is 0 Å². The zero-order valence-electron chi connectivity index (χ0n) is 12.0. The maximum Gasteiger partial charge on any atom is 0.103 e. The molecule has 0 amide bonds. The Bertz CT molecular complexity index is 277. The number of likely N-dealkylation sites (tertiary alicyclic amines) is 1. The highest BCUT2D eigenvalue weighted by Gasteiger charge is 2.25. The van der Waals surface area contributed by atoms with E-state index in [1.165, 1.54) is 0 Å². The molecule has 1 heterocycles. The third-order valence-electron chi connectivity index (χ3n) is 3.73. The summed E-state index contributed by atoms with van der Waals surface area (Å²) in [6.07, 6.45) is 4.60. The Morgan fingerprint density at radius 2 is 2.33 bits per heavy atom. The molecule has 0 radical (unpaired) electrons. The summed E-state index contributed by atoms with van der Waals surface area (Å²) in [7, 11) is 1.79. The normalized spacial score (nSPS) is 23.8. The van der Waals surface area contributed by atoms with E-state index in [0.717, 1.165) is 51.9 Å². The van der Waals surface area contributed by atoms with Crippen LogP contribution in [0.3, 0.4) is 0 Å². The molecule has 18 heavy (non-hydrogen) atoms. The van der Waals surface area contributed by atoms with Crippen molar-refractivity contribution < 1.29 is 4.74 Å². The second kappa shape index (κ2) is 7.73. The number of hydrogen-bond acceptors (Lipinski definition) is 4. The lowest BCUT2D eigenvalue weighted by Gasteiger charge is -2.24. The predicted molar refractivity (Wildman–Crippen MR) is 73.4 cm³/mol. The highest BCUT2D eigenvalue weighted by atomic mass is 16.5. The molecule has 1 rings (SSSR count). The zero-order valence-corrected chi connectivity index (χ0v) is 12.0. The molecule has 0 spiro atoms. The second-order valence-corrected chi connectivity index (χ2v) is 5.42. The summed E-state index contributed by atoms with van der Waals surface area (Å²) in [5, 5.41) is 12.6. The fraction of sp³-hybridized carbons (Fsp3) is 0.929. The number of hydrogen-bond donors (Lipinski definition) is 1. The minimum atomic E-state index is -0.365. The van der Waals surface area contributed by atoms with Crippen LogP contribution < -0.4 is 5.32 Å². The molecule has 0 saturated carbocycles. The summed E-state index contributed by atoms with van der Waals surface area (Å²) in [5.41, 5.74) is -0.365. The van der Waals surface area contributed by atoms with E-state index in [1.807, 2.05) is 6.92 Å². The SMILES string of the molecule is CCCNC(C)(C#N)CCCN1CCC(OC)C1. The van der Waals surface area contributed by atoms with Gasteiger partial charge in [-0.05, 0) is 45.7 Å². The first-order valence-corrected chi connectivity index (χ1v) is 7.05. The van der Waals surface area contributed by atoms with Gasteiger partial charge in [-0.2, -0.15) is 5.26 Å². The minimum absolute atomic E-state index is 0.365. The maximum absolute atomic E-state index is 9.24. The van der Waals surface area contributed by atoms with Crippen molar-refractivity contribution in [3.05, 3.63) is 0 Å². The first-order valence-electron chi connectivity index (χ1n) is 7.05. The average Bonchev–Trinajstić information content (AvgIpc) is 2.84. The molecule has 0 aromatic carbocycles. The van der Waals surface area contributed by atoms with Crippen LogP contribution in [0.15, 0.2) is 0 Å². The summed E-state index contributed by atoms with van der Waals surface area (Å²) in [6.45, 7) is 8.29. The van der Waals surface area contributed by atoms with Crippen molar-refractivity contribution in [1.82, 2.24) is 10.2 Å². The largest absolute Gasteiger partial charge is 0.380 e. The second-order valence-electron chi connectivity index (χ2n) is 5.42. The first-order chi connectivity index (χ1) is 8.63. The zero-order chi connectivity index (χ0) is 13.4. The highest BCUT2D eigenvalue weighted by molar-refractivity contribution is 5.03. The highest BCUT2D eigenvalue weighted by Crippen LogP contribution is 2.15. The van der Waals surface area contributed by atoms with E-state index in [2.05, 4.69) is 23.2 Å². The molecule has 0 aromatic heterocycles. The van der Waals surface area contributed by atoms with Crippen molar-refractivity contribution in [3.8, 4) is 6.07 Å². The van der Waals surface area contributed by atoms with Gasteiger partial charge in [-0.3, -0.25) is 5.32 Å². The molecule has 0 aromatic rings. The van der Waals surface area contributed by atoms with Crippen molar-refractivity contribution in [2.75, 3.05) is 33.3 Å². The summed E-state index contributed by atoms with van der Waals surface area (Å²) >= 11 is 0. The van der Waals surface area contributed by atoms with Crippen molar-refractivity contribution in [1.29, 1.82) is 5.26 Å². The van der Waals surface area contributed by atoms with Gasteiger partial charge in [0.25, 0.3) is 0 Å². The van der Waals surface area contributed by atoms with Gasteiger partial charge >= 0.3 is 0 Å². The molecule has 4 nitrogen and oxygen atoms in total. The van der Waals surface area contributed by atoms with Gasteiger partial charge in [-0.15, -0.1) is 0 Å². The molecule has 4 heteroatoms. The van der Waals surface area contributed by atoms with Crippen LogP contribution in [-0.4, -0.2) is 49.8 Å². The molecule has 1 saturated heterocycles. The number of methoxy groups -OCH3 is 1. The van der Waals surface area contributed by atoms with Crippen LogP contribution in [0.25, 0.3) is 0 Å². The van der Waals surface area contributed by atoms with Gasteiger partial charge in [0, 0.05) is 20.2 Å². The van der Waals surface area contributed by atoms with E-state index < -0.39 is 0 Å². The lowest BCUT2D eigenvalue weighted by molar-refractivity contribution is 0.107. The number of ether oxygens (including phenoxy) is 1. The molecule has 1 fully saturated rings. The number of nitrogens with one attached hydrogen (secondary N) is 1. The fourth-order valence-electron chi connectivity index (χ4n) is 2.43. The Labute approximate surface area is 111 Å². The monoisotopic (exact) mass is 253 g/mol. The number of nitriles is 1. The van der Waals surface area contributed by atoms with Gasteiger partial charge in [-0.25, -0.2) is 0 Å². The van der Waals surface area contributed by atoms with Gasteiger partial charge < -0.3 is 9.64 Å². The summed E-state index contributed by atoms with van der Waals surface area (Å²) in [5.74, 6) is 0. The number of rotatable bonds is 8. The Morgan fingerprint density at radius 1 is 1.56 bits per heavy atom. The van der Waals surface area contributed by atoms with E-state index in [9.17, 15) is 5.26 Å². The fourth-order valence-corrected chi connectivity index (χ4v) is 2.43. The van der Waals surface area contributed by atoms with Crippen molar-refractivity contribution in [2.45, 2.75) is 51.2 Å². The van der Waals surface area contributed by atoms with Gasteiger partial charge in [0.1, 0.15) is 5.54 Å². The van der Waals surface area contributed by atoms with E-state index >= 15 is 0 Å². The quantitative estimate of drug-likeness (QED) is 0.716. The summed E-state index contributed by atoms with van der Waals surface area (Å²) in [6, 6.07) is 2.40. The predicted octanol–water partition coefficient (Wildman–Crippen LogP) is 1.77. The molecule has 2 unspecified atom stereocenters. The molecule has 0 aliphatic carbocycles.